The van der Waals surface area contributed by atoms with Crippen LogP contribution >= 0.6 is 0 Å². The number of benzene rings is 1. The van der Waals surface area contributed by atoms with Gasteiger partial charge in [0.1, 0.15) is 17.8 Å². The molecule has 0 radical (unpaired) electrons. The van der Waals surface area contributed by atoms with E-state index >= 15 is 0 Å². The van der Waals surface area contributed by atoms with E-state index in [9.17, 15) is 14.4 Å². The van der Waals surface area contributed by atoms with E-state index in [2.05, 4.69) is 5.10 Å². The van der Waals surface area contributed by atoms with Crippen LogP contribution in [0.1, 0.15) is 31.3 Å². The number of anilines is 1. The Morgan fingerprint density at radius 2 is 1.76 bits per heavy atom. The van der Waals surface area contributed by atoms with E-state index in [0.29, 0.717) is 5.69 Å². The topological polar surface area (TPSA) is 81.5 Å². The number of aromatic nitrogens is 2. The van der Waals surface area contributed by atoms with Gasteiger partial charge in [0, 0.05) is 18.8 Å². The molecule has 0 fully saturated rings. The van der Waals surface area contributed by atoms with Gasteiger partial charge in [0.25, 0.3) is 11.5 Å². The zero-order valence-corrected chi connectivity index (χ0v) is 14.7. The summed E-state index contributed by atoms with van der Waals surface area (Å²) in [6, 6.07) is 11.4. The smallest absolute Gasteiger partial charge is 0.326 e. The van der Waals surface area contributed by atoms with Gasteiger partial charge in [-0.1, -0.05) is 18.2 Å². The fourth-order valence-corrected chi connectivity index (χ4v) is 2.15. The summed E-state index contributed by atoms with van der Waals surface area (Å²) in [5.74, 6) is -1.03. The first-order chi connectivity index (χ1) is 11.7. The average molecular weight is 343 g/mol. The van der Waals surface area contributed by atoms with Crippen LogP contribution in [0.2, 0.25) is 0 Å². The third-order valence-electron chi connectivity index (χ3n) is 3.20. The van der Waals surface area contributed by atoms with Gasteiger partial charge in [-0.3, -0.25) is 19.3 Å². The number of hydrogen-bond acceptors (Lipinski definition) is 5. The molecule has 0 aliphatic carbocycles. The second-order valence-electron chi connectivity index (χ2n) is 6.49. The lowest BCUT2D eigenvalue weighted by atomic mass is 10.2. The first-order valence-electron chi connectivity index (χ1n) is 7.80. The quantitative estimate of drug-likeness (QED) is 0.790. The summed E-state index contributed by atoms with van der Waals surface area (Å²) >= 11 is 0. The van der Waals surface area contributed by atoms with Gasteiger partial charge in [-0.25, -0.2) is 4.68 Å². The average Bonchev–Trinajstić information content (AvgIpc) is 2.54. The van der Waals surface area contributed by atoms with Crippen LogP contribution in [-0.4, -0.2) is 33.8 Å². The third-order valence-corrected chi connectivity index (χ3v) is 3.20. The normalized spacial score (nSPS) is 11.0. The maximum absolute atomic E-state index is 12.9. The van der Waals surface area contributed by atoms with Crippen LogP contribution < -0.4 is 10.5 Å². The SMILES string of the molecule is Cn1nc(C(=O)N(CC(=O)OC(C)(C)C)c2ccccc2)ccc1=O. The number of rotatable bonds is 4. The summed E-state index contributed by atoms with van der Waals surface area (Å²) < 4.78 is 6.38. The van der Waals surface area contributed by atoms with E-state index in [4.69, 9.17) is 4.74 Å². The lowest BCUT2D eigenvalue weighted by molar-refractivity contribution is -0.152. The number of amides is 1. The molecular weight excluding hydrogens is 322 g/mol. The van der Waals surface area contributed by atoms with E-state index in [1.165, 1.54) is 24.1 Å². The minimum atomic E-state index is -0.655. The highest BCUT2D eigenvalue weighted by Gasteiger charge is 2.25. The Labute approximate surface area is 145 Å². The van der Waals surface area contributed by atoms with Gasteiger partial charge < -0.3 is 4.74 Å². The number of nitrogens with zero attached hydrogens (tertiary/aromatic N) is 3. The van der Waals surface area contributed by atoms with Crippen LogP contribution in [0.4, 0.5) is 5.69 Å². The summed E-state index contributed by atoms with van der Waals surface area (Å²) in [5, 5.41) is 3.96. The first-order valence-corrected chi connectivity index (χ1v) is 7.80. The molecule has 0 aliphatic rings. The minimum Gasteiger partial charge on any atom is -0.459 e. The van der Waals surface area contributed by atoms with E-state index in [-0.39, 0.29) is 17.8 Å². The van der Waals surface area contributed by atoms with E-state index < -0.39 is 17.5 Å². The lowest BCUT2D eigenvalue weighted by Crippen LogP contribution is -2.40. The fraction of sp³-hybridized carbons (Fsp3) is 0.333. The number of esters is 1. The van der Waals surface area contributed by atoms with Gasteiger partial charge in [-0.05, 0) is 39.0 Å². The molecule has 0 saturated carbocycles. The lowest BCUT2D eigenvalue weighted by Gasteiger charge is -2.25. The van der Waals surface area contributed by atoms with Crippen molar-refractivity contribution in [1.82, 2.24) is 9.78 Å². The highest BCUT2D eigenvalue weighted by molar-refractivity contribution is 6.07. The number of hydrogen-bond donors (Lipinski definition) is 0. The Kier molecular flexibility index (Phi) is 5.36. The zero-order chi connectivity index (χ0) is 18.6. The molecule has 2 rings (SSSR count). The number of aryl methyl sites for hydroxylation is 1. The van der Waals surface area contributed by atoms with Crippen molar-refractivity contribution in [1.29, 1.82) is 0 Å². The molecule has 132 valence electrons. The molecule has 1 aromatic carbocycles. The molecule has 1 amide bonds. The van der Waals surface area contributed by atoms with Crippen molar-refractivity contribution < 1.29 is 14.3 Å². The van der Waals surface area contributed by atoms with Crippen molar-refractivity contribution in [2.24, 2.45) is 7.05 Å². The summed E-state index contributed by atoms with van der Waals surface area (Å²) in [7, 11) is 1.46. The summed E-state index contributed by atoms with van der Waals surface area (Å²) in [6.07, 6.45) is 0. The molecule has 0 bridgehead atoms. The standard InChI is InChI=1S/C18H21N3O4/c1-18(2,3)25-16(23)12-21(13-8-6-5-7-9-13)17(24)14-10-11-15(22)20(4)19-14/h5-11H,12H2,1-4H3. The predicted molar refractivity (Wildman–Crippen MR) is 93.4 cm³/mol. The number of para-hydroxylation sites is 1. The molecule has 2 aromatic rings. The van der Waals surface area contributed by atoms with Crippen LogP contribution in [0.25, 0.3) is 0 Å². The van der Waals surface area contributed by atoms with Gasteiger partial charge in [-0.2, -0.15) is 5.10 Å². The van der Waals surface area contributed by atoms with Gasteiger partial charge in [0.2, 0.25) is 0 Å². The van der Waals surface area contributed by atoms with E-state index in [1.807, 2.05) is 6.07 Å². The Bertz CT molecular complexity index is 822. The van der Waals surface area contributed by atoms with Crippen molar-refractivity contribution in [3.63, 3.8) is 0 Å². The molecule has 0 atom stereocenters. The first kappa shape index (κ1) is 18.4. The second-order valence-corrected chi connectivity index (χ2v) is 6.49. The van der Waals surface area contributed by atoms with Crippen molar-refractivity contribution in [2.45, 2.75) is 26.4 Å². The molecule has 0 aliphatic heterocycles. The molecule has 0 spiro atoms. The van der Waals surface area contributed by atoms with Crippen LogP contribution in [0.5, 0.6) is 0 Å². The summed E-state index contributed by atoms with van der Waals surface area (Å²) in [5.41, 5.74) is -0.379. The highest BCUT2D eigenvalue weighted by atomic mass is 16.6. The Morgan fingerprint density at radius 3 is 2.32 bits per heavy atom. The minimum absolute atomic E-state index is 0.0644. The summed E-state index contributed by atoms with van der Waals surface area (Å²) in [4.78, 5) is 37.8. The van der Waals surface area contributed by atoms with Crippen molar-refractivity contribution >= 4 is 17.6 Å². The number of ether oxygens (including phenoxy) is 1. The largest absolute Gasteiger partial charge is 0.459 e. The van der Waals surface area contributed by atoms with Crippen LogP contribution in [-0.2, 0) is 16.6 Å². The molecule has 7 heteroatoms. The molecule has 1 heterocycles. The van der Waals surface area contributed by atoms with Crippen LogP contribution in [0.3, 0.4) is 0 Å². The monoisotopic (exact) mass is 343 g/mol. The van der Waals surface area contributed by atoms with Gasteiger partial charge in [-0.15, -0.1) is 0 Å². The van der Waals surface area contributed by atoms with Crippen LogP contribution in [0, 0.1) is 0 Å². The van der Waals surface area contributed by atoms with Crippen molar-refractivity contribution in [3.05, 3.63) is 58.5 Å². The number of carbonyl (C=O) groups is 2. The van der Waals surface area contributed by atoms with E-state index in [1.54, 1.807) is 45.0 Å². The Morgan fingerprint density at radius 1 is 1.12 bits per heavy atom. The molecule has 7 nitrogen and oxygen atoms in total. The zero-order valence-electron chi connectivity index (χ0n) is 14.7. The molecule has 25 heavy (non-hydrogen) atoms. The highest BCUT2D eigenvalue weighted by Crippen LogP contribution is 2.17. The van der Waals surface area contributed by atoms with Crippen molar-refractivity contribution in [3.8, 4) is 0 Å². The maximum atomic E-state index is 12.9. The maximum Gasteiger partial charge on any atom is 0.326 e. The molecule has 1 aromatic heterocycles. The molecule has 0 saturated heterocycles. The van der Waals surface area contributed by atoms with Crippen LogP contribution in [0.15, 0.2) is 47.3 Å². The van der Waals surface area contributed by atoms with Gasteiger partial charge in [0.05, 0.1) is 0 Å². The predicted octanol–water partition coefficient (Wildman–Crippen LogP) is 1.77. The van der Waals surface area contributed by atoms with Gasteiger partial charge >= 0.3 is 5.97 Å². The van der Waals surface area contributed by atoms with Crippen molar-refractivity contribution in [2.75, 3.05) is 11.4 Å². The summed E-state index contributed by atoms with van der Waals surface area (Å²) in [6.45, 7) is 5.01. The fourth-order valence-electron chi connectivity index (χ4n) is 2.15. The second kappa shape index (κ2) is 7.29. The number of carbonyl (C=O) groups excluding carboxylic acids is 2. The third kappa shape index (κ3) is 5.00. The molecular formula is C18H21N3O4. The Hall–Kier alpha value is -2.96. The molecule has 0 unspecified atom stereocenters. The van der Waals surface area contributed by atoms with Gasteiger partial charge in [0.15, 0.2) is 0 Å². The van der Waals surface area contributed by atoms with E-state index in [0.717, 1.165) is 4.68 Å². The Balaban J connectivity index is 2.34. The molecule has 0 N–H and O–H groups in total.